The molecule has 2 atom stereocenters. The highest BCUT2D eigenvalue weighted by atomic mass is 35.5. The molecule has 0 fully saturated rings. The van der Waals surface area contributed by atoms with Crippen molar-refractivity contribution in [2.45, 2.75) is 39.3 Å². The van der Waals surface area contributed by atoms with Crippen molar-refractivity contribution in [1.82, 2.24) is 5.32 Å². The van der Waals surface area contributed by atoms with Crippen LogP contribution in [0.3, 0.4) is 0 Å². The van der Waals surface area contributed by atoms with E-state index in [1.807, 2.05) is 37.3 Å². The monoisotopic (exact) mass is 303 g/mol. The van der Waals surface area contributed by atoms with E-state index in [0.29, 0.717) is 5.75 Å². The SMILES string of the molecule is Cc1ccc(C(C)NC(C)Cc2ccccc2Cl)c(O)c1. The summed E-state index contributed by atoms with van der Waals surface area (Å²) in [5, 5.41) is 14.4. The lowest BCUT2D eigenvalue weighted by Crippen LogP contribution is -2.30. The topological polar surface area (TPSA) is 32.3 Å². The second-order valence-corrected chi connectivity index (χ2v) is 6.05. The zero-order valence-electron chi connectivity index (χ0n) is 12.7. The summed E-state index contributed by atoms with van der Waals surface area (Å²) in [5.74, 6) is 0.347. The molecule has 0 aliphatic heterocycles. The van der Waals surface area contributed by atoms with E-state index < -0.39 is 0 Å². The molecule has 0 aromatic heterocycles. The number of rotatable bonds is 5. The minimum absolute atomic E-state index is 0.0862. The summed E-state index contributed by atoms with van der Waals surface area (Å²) in [5.41, 5.74) is 3.12. The lowest BCUT2D eigenvalue weighted by molar-refractivity contribution is 0.433. The quantitative estimate of drug-likeness (QED) is 0.843. The van der Waals surface area contributed by atoms with E-state index in [1.54, 1.807) is 6.07 Å². The molecule has 0 amide bonds. The molecule has 2 aromatic rings. The molecule has 0 aliphatic carbocycles. The number of hydrogen-bond acceptors (Lipinski definition) is 2. The summed E-state index contributed by atoms with van der Waals surface area (Å²) in [7, 11) is 0. The molecule has 0 spiro atoms. The lowest BCUT2D eigenvalue weighted by atomic mass is 10.0. The third-order valence-corrected chi connectivity index (χ3v) is 4.04. The van der Waals surface area contributed by atoms with Crippen LogP contribution in [0, 0.1) is 6.92 Å². The van der Waals surface area contributed by atoms with Crippen LogP contribution in [-0.4, -0.2) is 11.1 Å². The van der Waals surface area contributed by atoms with Crippen molar-refractivity contribution in [2.24, 2.45) is 0 Å². The van der Waals surface area contributed by atoms with E-state index in [-0.39, 0.29) is 12.1 Å². The molecular weight excluding hydrogens is 282 g/mol. The molecule has 2 N–H and O–H groups in total. The van der Waals surface area contributed by atoms with Crippen LogP contribution in [0.25, 0.3) is 0 Å². The Labute approximate surface area is 131 Å². The van der Waals surface area contributed by atoms with Crippen LogP contribution in [0.2, 0.25) is 5.02 Å². The average molecular weight is 304 g/mol. The number of halogens is 1. The first-order chi connectivity index (χ1) is 9.97. The molecule has 3 heteroatoms. The lowest BCUT2D eigenvalue weighted by Gasteiger charge is -2.21. The van der Waals surface area contributed by atoms with Gasteiger partial charge in [-0.2, -0.15) is 0 Å². The minimum atomic E-state index is 0.0862. The molecule has 0 saturated carbocycles. The van der Waals surface area contributed by atoms with Gasteiger partial charge in [0.05, 0.1) is 0 Å². The van der Waals surface area contributed by atoms with E-state index in [9.17, 15) is 5.11 Å². The van der Waals surface area contributed by atoms with Gasteiger partial charge in [-0.3, -0.25) is 0 Å². The van der Waals surface area contributed by atoms with Crippen LogP contribution in [0.4, 0.5) is 0 Å². The van der Waals surface area contributed by atoms with E-state index in [1.165, 1.54) is 0 Å². The van der Waals surface area contributed by atoms with Gasteiger partial charge in [0.1, 0.15) is 5.75 Å². The standard InChI is InChI=1S/C18H22ClNO/c1-12-8-9-16(18(21)10-12)14(3)20-13(2)11-15-6-4-5-7-17(15)19/h4-10,13-14,20-21H,11H2,1-3H3. The number of aromatic hydroxyl groups is 1. The zero-order chi connectivity index (χ0) is 15.4. The Hall–Kier alpha value is -1.51. The van der Waals surface area contributed by atoms with Crippen molar-refractivity contribution in [3.05, 3.63) is 64.2 Å². The molecule has 0 aliphatic rings. The molecule has 0 bridgehead atoms. The normalized spacial score (nSPS) is 13.9. The van der Waals surface area contributed by atoms with E-state index in [4.69, 9.17) is 11.6 Å². The summed E-state index contributed by atoms with van der Waals surface area (Å²) < 4.78 is 0. The summed E-state index contributed by atoms with van der Waals surface area (Å²) >= 11 is 6.20. The fourth-order valence-corrected chi connectivity index (χ4v) is 2.80. The molecular formula is C18H22ClNO. The predicted octanol–water partition coefficient (Wildman–Crippen LogP) is 4.64. The molecule has 0 saturated heterocycles. The van der Waals surface area contributed by atoms with Gasteiger partial charge in [-0.1, -0.05) is 41.9 Å². The summed E-state index contributed by atoms with van der Waals surface area (Å²) in [4.78, 5) is 0. The molecule has 112 valence electrons. The third-order valence-electron chi connectivity index (χ3n) is 3.67. The number of phenolic OH excluding ortho intramolecular Hbond substituents is 1. The first-order valence-electron chi connectivity index (χ1n) is 7.26. The Bertz CT molecular complexity index is 612. The minimum Gasteiger partial charge on any atom is -0.508 e. The highest BCUT2D eigenvalue weighted by Crippen LogP contribution is 2.26. The van der Waals surface area contributed by atoms with Crippen LogP contribution >= 0.6 is 11.6 Å². The maximum absolute atomic E-state index is 10.0. The van der Waals surface area contributed by atoms with Gasteiger partial charge >= 0.3 is 0 Å². The van der Waals surface area contributed by atoms with Gasteiger partial charge < -0.3 is 10.4 Å². The number of phenols is 1. The number of hydrogen-bond donors (Lipinski definition) is 2. The molecule has 2 unspecified atom stereocenters. The number of benzene rings is 2. The Balaban J connectivity index is 2.02. The Kier molecular flexibility index (Phi) is 5.27. The Morgan fingerprint density at radius 2 is 1.86 bits per heavy atom. The number of aryl methyl sites for hydroxylation is 1. The van der Waals surface area contributed by atoms with Crippen molar-refractivity contribution in [2.75, 3.05) is 0 Å². The zero-order valence-corrected chi connectivity index (χ0v) is 13.5. The van der Waals surface area contributed by atoms with E-state index >= 15 is 0 Å². The van der Waals surface area contributed by atoms with Crippen LogP contribution in [0.15, 0.2) is 42.5 Å². The molecule has 21 heavy (non-hydrogen) atoms. The fourth-order valence-electron chi connectivity index (χ4n) is 2.59. The fraction of sp³-hybridized carbons (Fsp3) is 0.333. The van der Waals surface area contributed by atoms with Crippen LogP contribution in [0.5, 0.6) is 5.75 Å². The van der Waals surface area contributed by atoms with Crippen LogP contribution in [0.1, 0.15) is 36.6 Å². The molecule has 2 rings (SSSR count). The maximum atomic E-state index is 10.0. The molecule has 2 nitrogen and oxygen atoms in total. The average Bonchev–Trinajstić information content (AvgIpc) is 2.41. The summed E-state index contributed by atoms with van der Waals surface area (Å²) in [6.07, 6.45) is 0.858. The molecule has 0 radical (unpaired) electrons. The maximum Gasteiger partial charge on any atom is 0.120 e. The van der Waals surface area contributed by atoms with Gasteiger partial charge in [0.25, 0.3) is 0 Å². The van der Waals surface area contributed by atoms with Crippen molar-refractivity contribution < 1.29 is 5.11 Å². The second kappa shape index (κ2) is 6.97. The largest absolute Gasteiger partial charge is 0.508 e. The van der Waals surface area contributed by atoms with Gasteiger partial charge in [-0.25, -0.2) is 0 Å². The van der Waals surface area contributed by atoms with Crippen molar-refractivity contribution in [3.8, 4) is 5.75 Å². The van der Waals surface area contributed by atoms with Crippen molar-refractivity contribution >= 4 is 11.6 Å². The van der Waals surface area contributed by atoms with E-state index in [2.05, 4.69) is 25.2 Å². The predicted molar refractivity (Wildman–Crippen MR) is 89.0 cm³/mol. The first kappa shape index (κ1) is 15.9. The highest BCUT2D eigenvalue weighted by Gasteiger charge is 2.14. The highest BCUT2D eigenvalue weighted by molar-refractivity contribution is 6.31. The van der Waals surface area contributed by atoms with Crippen LogP contribution in [-0.2, 0) is 6.42 Å². The number of nitrogens with one attached hydrogen (secondary N) is 1. The van der Waals surface area contributed by atoms with Crippen molar-refractivity contribution in [1.29, 1.82) is 0 Å². The molecule has 0 heterocycles. The first-order valence-corrected chi connectivity index (χ1v) is 7.64. The van der Waals surface area contributed by atoms with Crippen molar-refractivity contribution in [3.63, 3.8) is 0 Å². The second-order valence-electron chi connectivity index (χ2n) is 5.65. The van der Waals surface area contributed by atoms with Gasteiger partial charge in [0.2, 0.25) is 0 Å². The third kappa shape index (κ3) is 4.23. The van der Waals surface area contributed by atoms with Gasteiger partial charge in [0, 0.05) is 22.7 Å². The van der Waals surface area contributed by atoms with Gasteiger partial charge in [0.15, 0.2) is 0 Å². The van der Waals surface area contributed by atoms with E-state index in [0.717, 1.165) is 28.1 Å². The Morgan fingerprint density at radius 3 is 2.52 bits per heavy atom. The molecule has 2 aromatic carbocycles. The van der Waals surface area contributed by atoms with Crippen LogP contribution < -0.4 is 5.32 Å². The Morgan fingerprint density at radius 1 is 1.14 bits per heavy atom. The summed E-state index contributed by atoms with van der Waals surface area (Å²) in [6, 6.07) is 14.1. The van der Waals surface area contributed by atoms with Gasteiger partial charge in [-0.05, 0) is 50.5 Å². The smallest absolute Gasteiger partial charge is 0.120 e. The summed E-state index contributed by atoms with van der Waals surface area (Å²) in [6.45, 7) is 6.17. The van der Waals surface area contributed by atoms with Gasteiger partial charge in [-0.15, -0.1) is 0 Å².